The number of pyridine rings is 1. The largest absolute Gasteiger partial charge is 0.419 e. The van der Waals surface area contributed by atoms with E-state index in [2.05, 4.69) is 4.98 Å². The van der Waals surface area contributed by atoms with Crippen LogP contribution in [0.2, 0.25) is 20.1 Å². The highest BCUT2D eigenvalue weighted by molar-refractivity contribution is 6.48. The van der Waals surface area contributed by atoms with Gasteiger partial charge in [0.25, 0.3) is 0 Å². The zero-order valence-corrected chi connectivity index (χ0v) is 12.4. The molecule has 0 aliphatic rings. The fourth-order valence-electron chi connectivity index (χ4n) is 1.62. The van der Waals surface area contributed by atoms with Gasteiger partial charge in [0.1, 0.15) is 5.56 Å². The van der Waals surface area contributed by atoms with Crippen LogP contribution >= 0.6 is 46.4 Å². The highest BCUT2D eigenvalue weighted by atomic mass is 35.5. The molecule has 2 rings (SSSR count). The van der Waals surface area contributed by atoms with Gasteiger partial charge in [0.05, 0.1) is 25.8 Å². The number of alkyl halides is 3. The van der Waals surface area contributed by atoms with Crippen molar-refractivity contribution in [3.8, 4) is 11.3 Å². The Morgan fingerprint density at radius 1 is 0.900 bits per heavy atom. The molecule has 0 bridgehead atoms. The fourth-order valence-corrected chi connectivity index (χ4v) is 2.47. The summed E-state index contributed by atoms with van der Waals surface area (Å²) in [6, 6.07) is 3.57. The smallest absolute Gasteiger partial charge is 0.256 e. The summed E-state index contributed by atoms with van der Waals surface area (Å²) < 4.78 is 39.2. The van der Waals surface area contributed by atoms with Crippen LogP contribution in [0, 0.1) is 0 Å². The molecule has 0 radical (unpaired) electrons. The predicted octanol–water partition coefficient (Wildman–Crippen LogP) is 6.38. The molecule has 106 valence electrons. The molecule has 1 nitrogen and oxygen atoms in total. The van der Waals surface area contributed by atoms with Gasteiger partial charge in [-0.3, -0.25) is 4.98 Å². The van der Waals surface area contributed by atoms with Crippen LogP contribution in [-0.4, -0.2) is 4.98 Å². The van der Waals surface area contributed by atoms with Crippen LogP contribution in [0.3, 0.4) is 0 Å². The lowest BCUT2D eigenvalue weighted by atomic mass is 10.1. The molecule has 2 aromatic rings. The van der Waals surface area contributed by atoms with E-state index in [1.165, 1.54) is 18.3 Å². The number of benzene rings is 1. The number of rotatable bonds is 1. The van der Waals surface area contributed by atoms with Gasteiger partial charge in [-0.25, -0.2) is 0 Å². The van der Waals surface area contributed by atoms with Crippen LogP contribution in [0.5, 0.6) is 0 Å². The maximum Gasteiger partial charge on any atom is 0.419 e. The molecule has 1 aromatic carbocycles. The molecule has 1 heterocycles. The first kappa shape index (κ1) is 15.7. The molecule has 0 amide bonds. The van der Waals surface area contributed by atoms with E-state index in [9.17, 15) is 13.2 Å². The van der Waals surface area contributed by atoms with Gasteiger partial charge in [-0.2, -0.15) is 13.2 Å². The third-order valence-electron chi connectivity index (χ3n) is 2.44. The van der Waals surface area contributed by atoms with Crippen molar-refractivity contribution in [2.45, 2.75) is 6.18 Å². The first-order valence-electron chi connectivity index (χ1n) is 5.08. The van der Waals surface area contributed by atoms with Gasteiger partial charge >= 0.3 is 6.18 Å². The topological polar surface area (TPSA) is 12.9 Å². The van der Waals surface area contributed by atoms with Gasteiger partial charge in [-0.05, 0) is 18.2 Å². The minimum absolute atomic E-state index is 0.0315. The van der Waals surface area contributed by atoms with Gasteiger partial charge in [0, 0.05) is 11.8 Å². The Hall–Kier alpha value is -0.680. The lowest BCUT2D eigenvalue weighted by Gasteiger charge is -2.14. The molecule has 0 saturated heterocycles. The summed E-state index contributed by atoms with van der Waals surface area (Å²) in [6.45, 7) is 0. The summed E-state index contributed by atoms with van der Waals surface area (Å²) in [5.74, 6) is 0. The molecule has 0 fully saturated rings. The highest BCUT2D eigenvalue weighted by Gasteiger charge is 2.37. The molecule has 1 aromatic heterocycles. The van der Waals surface area contributed by atoms with E-state index in [4.69, 9.17) is 46.4 Å². The highest BCUT2D eigenvalue weighted by Crippen LogP contribution is 2.42. The van der Waals surface area contributed by atoms with Crippen molar-refractivity contribution < 1.29 is 13.2 Å². The Labute approximate surface area is 132 Å². The first-order valence-corrected chi connectivity index (χ1v) is 6.59. The summed E-state index contributed by atoms with van der Waals surface area (Å²) in [5, 5.41) is -0.328. The standard InChI is InChI=1S/C12H4Cl4F3N/c13-6-1-2-20-11(9(6)12(17,18)19)5-3-7(14)10(16)8(15)4-5/h1-4H. The van der Waals surface area contributed by atoms with Gasteiger partial charge in [0.2, 0.25) is 0 Å². The first-order chi connectivity index (χ1) is 9.21. The van der Waals surface area contributed by atoms with Crippen molar-refractivity contribution in [2.75, 3.05) is 0 Å². The third kappa shape index (κ3) is 2.98. The molecule has 0 spiro atoms. The van der Waals surface area contributed by atoms with Gasteiger partial charge < -0.3 is 0 Å². The Morgan fingerprint density at radius 3 is 1.95 bits per heavy atom. The minimum atomic E-state index is -4.65. The lowest BCUT2D eigenvalue weighted by Crippen LogP contribution is -2.09. The van der Waals surface area contributed by atoms with Crippen molar-refractivity contribution in [3.05, 3.63) is 50.0 Å². The molecule has 8 heteroatoms. The normalized spacial score (nSPS) is 11.8. The monoisotopic (exact) mass is 359 g/mol. The molecular formula is C12H4Cl4F3N. The predicted molar refractivity (Wildman–Crippen MR) is 74.7 cm³/mol. The molecule has 0 atom stereocenters. The van der Waals surface area contributed by atoms with E-state index >= 15 is 0 Å². The average molecular weight is 361 g/mol. The van der Waals surface area contributed by atoms with Gasteiger partial charge in [-0.15, -0.1) is 0 Å². The number of halogens is 7. The van der Waals surface area contributed by atoms with E-state index in [1.807, 2.05) is 0 Å². The second kappa shape index (κ2) is 5.60. The second-order valence-electron chi connectivity index (χ2n) is 3.77. The molecule has 0 aliphatic carbocycles. The van der Waals surface area contributed by atoms with Crippen molar-refractivity contribution >= 4 is 46.4 Å². The summed E-state index contributed by atoms with van der Waals surface area (Å²) in [5.41, 5.74) is -1.32. The van der Waals surface area contributed by atoms with Crippen molar-refractivity contribution in [3.63, 3.8) is 0 Å². The summed E-state index contributed by atoms with van der Waals surface area (Å²) in [7, 11) is 0. The summed E-state index contributed by atoms with van der Waals surface area (Å²) in [6.07, 6.45) is -3.48. The number of nitrogens with zero attached hydrogens (tertiary/aromatic N) is 1. The average Bonchev–Trinajstić information content (AvgIpc) is 2.33. The Bertz CT molecular complexity index is 647. The minimum Gasteiger partial charge on any atom is -0.256 e. The van der Waals surface area contributed by atoms with E-state index in [0.29, 0.717) is 0 Å². The van der Waals surface area contributed by atoms with Crippen LogP contribution in [0.1, 0.15) is 5.56 Å². The van der Waals surface area contributed by atoms with Crippen LogP contribution in [0.15, 0.2) is 24.4 Å². The second-order valence-corrected chi connectivity index (χ2v) is 5.37. The maximum atomic E-state index is 13.1. The van der Waals surface area contributed by atoms with Crippen LogP contribution in [0.4, 0.5) is 13.2 Å². The Morgan fingerprint density at radius 2 is 1.45 bits per heavy atom. The van der Waals surface area contributed by atoms with Crippen molar-refractivity contribution in [1.82, 2.24) is 4.98 Å². The number of aromatic nitrogens is 1. The lowest BCUT2D eigenvalue weighted by molar-refractivity contribution is -0.137. The molecule has 0 unspecified atom stereocenters. The van der Waals surface area contributed by atoms with Gasteiger partial charge in [-0.1, -0.05) is 46.4 Å². The summed E-state index contributed by atoms with van der Waals surface area (Å²) in [4.78, 5) is 3.72. The number of hydrogen-bond acceptors (Lipinski definition) is 1. The fraction of sp³-hybridized carbons (Fsp3) is 0.0833. The van der Waals surface area contributed by atoms with Crippen molar-refractivity contribution in [2.24, 2.45) is 0 Å². The van der Waals surface area contributed by atoms with Crippen LogP contribution in [0.25, 0.3) is 11.3 Å². The van der Waals surface area contributed by atoms with Crippen LogP contribution < -0.4 is 0 Å². The zero-order chi connectivity index (χ0) is 15.1. The van der Waals surface area contributed by atoms with E-state index < -0.39 is 16.8 Å². The SMILES string of the molecule is FC(F)(F)c1c(Cl)ccnc1-c1cc(Cl)c(Cl)c(Cl)c1. The Balaban J connectivity index is 2.74. The Kier molecular flexibility index (Phi) is 4.40. The number of hydrogen-bond donors (Lipinski definition) is 0. The molecule has 0 N–H and O–H groups in total. The molecular weight excluding hydrogens is 357 g/mol. The van der Waals surface area contributed by atoms with E-state index in [-0.39, 0.29) is 26.3 Å². The molecule has 20 heavy (non-hydrogen) atoms. The summed E-state index contributed by atoms with van der Waals surface area (Å²) >= 11 is 23.0. The zero-order valence-electron chi connectivity index (χ0n) is 9.40. The maximum absolute atomic E-state index is 13.1. The quantitative estimate of drug-likeness (QED) is 0.537. The van der Waals surface area contributed by atoms with E-state index in [0.717, 1.165) is 6.07 Å². The third-order valence-corrected chi connectivity index (χ3v) is 3.95. The van der Waals surface area contributed by atoms with Crippen LogP contribution in [-0.2, 0) is 6.18 Å². The van der Waals surface area contributed by atoms with E-state index in [1.54, 1.807) is 0 Å². The molecule has 0 aliphatic heterocycles. The van der Waals surface area contributed by atoms with Gasteiger partial charge in [0.15, 0.2) is 0 Å². The van der Waals surface area contributed by atoms with Crippen molar-refractivity contribution in [1.29, 1.82) is 0 Å². The molecule has 0 saturated carbocycles.